The van der Waals surface area contributed by atoms with E-state index in [2.05, 4.69) is 9.72 Å². The predicted octanol–water partition coefficient (Wildman–Crippen LogP) is 3.28. The molecule has 0 aliphatic rings. The molecule has 9 heteroatoms. The first-order valence-corrected chi connectivity index (χ1v) is 5.36. The summed E-state index contributed by atoms with van der Waals surface area (Å²) in [6.07, 6.45) is -9.67. The Balaban J connectivity index is 3.40. The quantitative estimate of drug-likeness (QED) is 0.633. The second-order valence-corrected chi connectivity index (χ2v) is 3.63. The normalized spacial score (nSPS) is 11.8. The van der Waals surface area contributed by atoms with Gasteiger partial charge in [0.2, 0.25) is 0 Å². The minimum Gasteiger partial charge on any atom is -0.466 e. The van der Waals surface area contributed by atoms with E-state index in [1.54, 1.807) is 0 Å². The topological polar surface area (TPSA) is 39.2 Å². The summed E-state index contributed by atoms with van der Waals surface area (Å²) in [6.45, 7) is 1.24. The summed E-state index contributed by atoms with van der Waals surface area (Å²) in [5.74, 6) is -2.78. The van der Waals surface area contributed by atoms with Crippen molar-refractivity contribution in [1.82, 2.24) is 4.98 Å². The van der Waals surface area contributed by atoms with Gasteiger partial charge in [-0.1, -0.05) is 0 Å². The highest BCUT2D eigenvalue weighted by molar-refractivity contribution is 5.73. The molecule has 0 aliphatic carbocycles. The van der Waals surface area contributed by atoms with E-state index < -0.39 is 47.6 Å². The zero-order valence-corrected chi connectivity index (χ0v) is 10.1. The van der Waals surface area contributed by atoms with Crippen LogP contribution < -0.4 is 0 Å². The molecule has 3 nitrogen and oxygen atoms in total. The summed E-state index contributed by atoms with van der Waals surface area (Å²) in [4.78, 5) is 14.0. The zero-order chi connectivity index (χ0) is 15.5. The Bertz CT molecular complexity index is 500. The number of aromatic nitrogens is 1. The molecule has 0 N–H and O–H groups in total. The maximum absolute atomic E-state index is 13.2. The van der Waals surface area contributed by atoms with E-state index in [0.29, 0.717) is 0 Å². The molecule has 0 aromatic carbocycles. The minimum atomic E-state index is -5.08. The Hall–Kier alpha value is -1.80. The lowest BCUT2D eigenvalue weighted by Crippen LogP contribution is -2.19. The predicted molar refractivity (Wildman–Crippen MR) is 54.5 cm³/mol. The summed E-state index contributed by atoms with van der Waals surface area (Å²) in [7, 11) is 0. The smallest absolute Gasteiger partial charge is 0.433 e. The van der Waals surface area contributed by atoms with Gasteiger partial charge in [-0.15, -0.1) is 0 Å². The number of esters is 1. The largest absolute Gasteiger partial charge is 0.466 e. The van der Waals surface area contributed by atoms with E-state index in [1.807, 2.05) is 0 Å². The third-order valence-corrected chi connectivity index (χ3v) is 2.29. The van der Waals surface area contributed by atoms with E-state index in [1.165, 1.54) is 6.92 Å². The van der Waals surface area contributed by atoms with Crippen LogP contribution in [-0.2, 0) is 22.1 Å². The van der Waals surface area contributed by atoms with Crippen LogP contribution in [0.4, 0.5) is 26.3 Å². The van der Waals surface area contributed by atoms with Gasteiger partial charge in [-0.25, -0.2) is 18.2 Å². The molecule has 20 heavy (non-hydrogen) atoms. The van der Waals surface area contributed by atoms with Crippen molar-refractivity contribution in [3.63, 3.8) is 0 Å². The van der Waals surface area contributed by atoms with E-state index in [4.69, 9.17) is 0 Å². The average Bonchev–Trinajstić information content (AvgIpc) is 2.26. The van der Waals surface area contributed by atoms with Crippen molar-refractivity contribution < 1.29 is 35.9 Å². The van der Waals surface area contributed by atoms with Crippen molar-refractivity contribution in [3.8, 4) is 0 Å². The third kappa shape index (κ3) is 3.61. The molecule has 0 atom stereocenters. The van der Waals surface area contributed by atoms with Crippen molar-refractivity contribution in [3.05, 3.63) is 28.8 Å². The fraction of sp³-hybridized carbons (Fsp3) is 0.455. The number of nitrogens with zero attached hydrogens (tertiary/aromatic N) is 1. The molecule has 1 aromatic rings. The number of ether oxygens (including phenoxy) is 1. The minimum absolute atomic E-state index is 0.0545. The molecule has 0 amide bonds. The summed E-state index contributed by atoms with van der Waals surface area (Å²) in [6, 6.07) is 0. The summed E-state index contributed by atoms with van der Waals surface area (Å²) in [5.41, 5.74) is -4.41. The van der Waals surface area contributed by atoms with Crippen LogP contribution in [-0.4, -0.2) is 17.6 Å². The number of carbonyl (C=O) groups is 1. The lowest BCUT2D eigenvalue weighted by molar-refractivity contribution is -0.144. The van der Waals surface area contributed by atoms with E-state index in [0.717, 1.165) is 0 Å². The highest BCUT2D eigenvalue weighted by Crippen LogP contribution is 2.36. The molecular weight excluding hydrogens is 292 g/mol. The molecule has 0 saturated heterocycles. The number of halogens is 6. The molecule has 1 heterocycles. The second kappa shape index (κ2) is 6.10. The van der Waals surface area contributed by atoms with Crippen LogP contribution >= 0.6 is 0 Å². The van der Waals surface area contributed by atoms with Gasteiger partial charge in [-0.05, 0) is 6.92 Å². The summed E-state index contributed by atoms with van der Waals surface area (Å²) in [5, 5.41) is 0. The maximum atomic E-state index is 13.2. The molecule has 1 rings (SSSR count). The van der Waals surface area contributed by atoms with Crippen molar-refractivity contribution >= 4 is 5.97 Å². The lowest BCUT2D eigenvalue weighted by Gasteiger charge is -2.15. The van der Waals surface area contributed by atoms with Crippen LogP contribution in [0.2, 0.25) is 0 Å². The van der Waals surface area contributed by atoms with Gasteiger partial charge in [-0.2, -0.15) is 13.2 Å². The first-order valence-electron chi connectivity index (χ1n) is 5.36. The second-order valence-electron chi connectivity index (χ2n) is 3.63. The lowest BCUT2D eigenvalue weighted by atomic mass is 10.0. The Morgan fingerprint density at radius 2 is 2.00 bits per heavy atom. The molecule has 0 aliphatic heterocycles. The Morgan fingerprint density at radius 3 is 2.45 bits per heavy atom. The van der Waals surface area contributed by atoms with Crippen LogP contribution in [0, 0.1) is 5.82 Å². The van der Waals surface area contributed by atoms with Gasteiger partial charge < -0.3 is 4.74 Å². The Morgan fingerprint density at radius 1 is 1.40 bits per heavy atom. The van der Waals surface area contributed by atoms with E-state index in [-0.39, 0.29) is 12.8 Å². The number of hydrogen-bond acceptors (Lipinski definition) is 3. The Labute approximate surface area is 109 Å². The number of rotatable bonds is 4. The average molecular weight is 301 g/mol. The van der Waals surface area contributed by atoms with Gasteiger partial charge in [0, 0.05) is 5.56 Å². The van der Waals surface area contributed by atoms with Gasteiger partial charge in [0.25, 0.3) is 6.43 Å². The van der Waals surface area contributed by atoms with Crippen LogP contribution in [0.25, 0.3) is 0 Å². The fourth-order valence-electron chi connectivity index (χ4n) is 1.56. The van der Waals surface area contributed by atoms with Crippen molar-refractivity contribution in [2.75, 3.05) is 6.61 Å². The first-order chi connectivity index (χ1) is 9.18. The van der Waals surface area contributed by atoms with Crippen LogP contribution in [0.5, 0.6) is 0 Å². The van der Waals surface area contributed by atoms with E-state index >= 15 is 0 Å². The molecule has 0 bridgehead atoms. The standard InChI is InChI=1S/C11H9F6NO2/c1-2-20-7(19)3-5-8(10(13)14)6(12)4-18-9(5)11(15,16)17/h4,10H,2-3H2,1H3. The van der Waals surface area contributed by atoms with Gasteiger partial charge in [0.05, 0.1) is 24.8 Å². The third-order valence-electron chi connectivity index (χ3n) is 2.29. The fourth-order valence-corrected chi connectivity index (χ4v) is 1.56. The first kappa shape index (κ1) is 16.3. The van der Waals surface area contributed by atoms with Gasteiger partial charge in [-0.3, -0.25) is 4.79 Å². The number of alkyl halides is 5. The molecule has 0 fully saturated rings. The molecule has 0 spiro atoms. The maximum Gasteiger partial charge on any atom is 0.433 e. The van der Waals surface area contributed by atoms with Crippen LogP contribution in [0.15, 0.2) is 6.20 Å². The molecular formula is C11H9F6NO2. The van der Waals surface area contributed by atoms with Gasteiger partial charge >= 0.3 is 12.1 Å². The number of carbonyl (C=O) groups excluding carboxylic acids is 1. The van der Waals surface area contributed by atoms with Crippen molar-refractivity contribution in [2.24, 2.45) is 0 Å². The molecule has 0 unspecified atom stereocenters. The molecule has 0 saturated carbocycles. The Kier molecular flexibility index (Phi) is 4.96. The van der Waals surface area contributed by atoms with Crippen LogP contribution in [0.1, 0.15) is 30.2 Å². The SMILES string of the molecule is CCOC(=O)Cc1c(C(F)(F)F)ncc(F)c1C(F)F. The molecule has 0 radical (unpaired) electrons. The monoisotopic (exact) mass is 301 g/mol. The van der Waals surface area contributed by atoms with Gasteiger partial charge in [0.15, 0.2) is 5.82 Å². The summed E-state index contributed by atoms with van der Waals surface area (Å²) >= 11 is 0. The van der Waals surface area contributed by atoms with E-state index in [9.17, 15) is 31.1 Å². The van der Waals surface area contributed by atoms with Gasteiger partial charge in [0.1, 0.15) is 5.69 Å². The number of hydrogen-bond donors (Lipinski definition) is 0. The van der Waals surface area contributed by atoms with Crippen LogP contribution in [0.3, 0.4) is 0 Å². The highest BCUT2D eigenvalue weighted by atomic mass is 19.4. The van der Waals surface area contributed by atoms with Crippen molar-refractivity contribution in [2.45, 2.75) is 25.9 Å². The van der Waals surface area contributed by atoms with Crippen molar-refractivity contribution in [1.29, 1.82) is 0 Å². The zero-order valence-electron chi connectivity index (χ0n) is 10.1. The highest BCUT2D eigenvalue weighted by Gasteiger charge is 2.39. The molecule has 1 aromatic heterocycles. The molecule has 112 valence electrons. The summed E-state index contributed by atoms with van der Waals surface area (Å²) < 4.78 is 81.1. The number of pyridine rings is 1.